The summed E-state index contributed by atoms with van der Waals surface area (Å²) in [5.74, 6) is -9.70. The summed E-state index contributed by atoms with van der Waals surface area (Å²) in [4.78, 5) is 48.7. The number of aliphatic carboxylic acids is 4. The average Bonchev–Trinajstić information content (AvgIpc) is 0.771. The van der Waals surface area contributed by atoms with Crippen LogP contribution in [0.5, 0.6) is 0 Å². The lowest BCUT2D eigenvalue weighted by atomic mass is 9.95. The lowest BCUT2D eigenvalue weighted by molar-refractivity contribution is -0.390. The molecule has 56 atom stereocenters. The number of rotatable bonds is 31. The third-order valence-corrected chi connectivity index (χ3v) is 23.9. The molecule has 0 aromatic carbocycles. The van der Waals surface area contributed by atoms with Crippen molar-refractivity contribution in [3.8, 4) is 0 Å². The average molecular weight is 1910 g/mol. The summed E-state index contributed by atoms with van der Waals surface area (Å²) in [5, 5.41) is 368. The van der Waals surface area contributed by atoms with E-state index in [9.17, 15) is 193 Å². The maximum absolute atomic E-state index is 12.9. The predicted molar refractivity (Wildman–Crippen MR) is 378 cm³/mol. The number of aliphatic hydroxyl groups is 30. The van der Waals surface area contributed by atoms with Crippen LogP contribution in [0.3, 0.4) is 0 Å². The number of hydrogen-bond donors (Lipinski definition) is 34. The molecule has 1 unspecified atom stereocenters. The highest BCUT2D eigenvalue weighted by Gasteiger charge is 2.63. The second kappa shape index (κ2) is 43.4. The molecule has 12 saturated heterocycles. The maximum Gasteiger partial charge on any atom is 0.364 e. The molecule has 750 valence electrons. The van der Waals surface area contributed by atoms with E-state index in [4.69, 9.17) is 109 Å². The number of carboxylic acid groups (broad SMARTS) is 4. The van der Waals surface area contributed by atoms with Gasteiger partial charge in [0.2, 0.25) is 0 Å². The van der Waals surface area contributed by atoms with Gasteiger partial charge < -0.3 is 283 Å². The Kier molecular flexibility index (Phi) is 35.0. The minimum Gasteiger partial charge on any atom is -0.479 e. The molecule has 0 aromatic heterocycles. The van der Waals surface area contributed by atoms with Gasteiger partial charge in [-0.1, -0.05) is 0 Å². The molecule has 0 aromatic rings. The first-order chi connectivity index (χ1) is 61.2. The Morgan fingerprint density at radius 2 is 0.515 bits per heavy atom. The highest BCUT2D eigenvalue weighted by molar-refractivity contribution is 5.75. The summed E-state index contributed by atoms with van der Waals surface area (Å²) >= 11 is 0. The van der Waals surface area contributed by atoms with Crippen molar-refractivity contribution in [3.63, 3.8) is 0 Å². The lowest BCUT2D eigenvalue weighted by Crippen LogP contribution is -2.68. The topological polar surface area (TPSA) is 968 Å². The van der Waals surface area contributed by atoms with Gasteiger partial charge in [0.25, 0.3) is 5.79 Å². The van der Waals surface area contributed by atoms with Gasteiger partial charge in [-0.3, -0.25) is 0 Å². The van der Waals surface area contributed by atoms with Gasteiger partial charge >= 0.3 is 23.9 Å². The largest absolute Gasteiger partial charge is 0.479 e. The molecule has 12 aliphatic rings. The Bertz CT molecular complexity index is 3640. The Hall–Kier alpha value is -4.24. The monoisotopic (exact) mass is 1910 g/mol. The van der Waals surface area contributed by atoms with Gasteiger partial charge in [0.05, 0.1) is 52.9 Å². The number of carboxylic acids is 4. The van der Waals surface area contributed by atoms with E-state index < -0.39 is 420 Å². The van der Waals surface area contributed by atoms with Gasteiger partial charge in [0.1, 0.15) is 250 Å². The van der Waals surface area contributed by atoms with Crippen LogP contribution in [-0.2, 0) is 128 Å². The van der Waals surface area contributed by atoms with E-state index in [0.717, 1.165) is 6.92 Å². The number of aliphatic hydroxyl groups excluding tert-OH is 30. The summed E-state index contributed by atoms with van der Waals surface area (Å²) in [6.07, 6.45) is -119. The molecule has 61 nitrogen and oxygen atoms in total. The van der Waals surface area contributed by atoms with Crippen molar-refractivity contribution in [1.29, 1.82) is 0 Å². The molecule has 12 aliphatic heterocycles. The smallest absolute Gasteiger partial charge is 0.364 e. The molecular weight excluding hydrogens is 1800 g/mol. The Labute approximate surface area is 727 Å². The van der Waals surface area contributed by atoms with Crippen LogP contribution in [0.15, 0.2) is 0 Å². The van der Waals surface area contributed by atoms with Crippen LogP contribution in [0.25, 0.3) is 0 Å². The SMILES string of the molecule is CC1(C(=O)O)OC[C@H]2O[C@@H](OC[C@H]3O[C@@H](OC[C@H]4O[C@@H](OC[C@H]5O[C@H](O[C@H]6[C@H](O)[C@@H](O)[C@H](O[C@H]7[C@H](O)[C@@H](O)[C@H](O[C@H]8[C@H](O)[C@@H](O)[C@H](OC[C@H]9O[C@H](O)[C@H](O)[C@@H](O)[C@@H]9O[C@@H]9O[C@H](CO)[C@@H](O[C@@H]%10O[C@H](C(=O)O)[C@@H](O[C@@H]%11O[C@H](C(=O)O)[C@@H](O)[C@H](O)[C@H]%11O)[C@H](O)[C@H]%10O)[C@H](O)[C@H]9O)O[C@@H]8CO)O[C@@H]7CO)O[C@@H]6C(=O)O)[C@H](O)[C@@H](O)[C@H]5O)[C@H](O)[C@@H](O)[C@@H]4O)[C@H](O)[C@@H](O)[C@H]3O)[C@H](O)[C@@H](O)[C@H]2O1. The van der Waals surface area contributed by atoms with E-state index in [1.165, 1.54) is 0 Å². The van der Waals surface area contributed by atoms with Gasteiger partial charge in [0, 0.05) is 6.92 Å². The summed E-state index contributed by atoms with van der Waals surface area (Å²) < 4.78 is 127. The van der Waals surface area contributed by atoms with E-state index in [-0.39, 0.29) is 0 Å². The Morgan fingerprint density at radius 3 is 0.869 bits per heavy atom. The van der Waals surface area contributed by atoms with Gasteiger partial charge in [0.15, 0.2) is 87.5 Å². The van der Waals surface area contributed by atoms with Crippen molar-refractivity contribution in [2.24, 2.45) is 0 Å². The predicted octanol–water partition coefficient (Wildman–Crippen LogP) is -23.8. The third-order valence-electron chi connectivity index (χ3n) is 23.9. The van der Waals surface area contributed by atoms with E-state index in [1.807, 2.05) is 0 Å². The zero-order valence-electron chi connectivity index (χ0n) is 67.1. The number of fused-ring (bicyclic) bond motifs is 1. The highest BCUT2D eigenvalue weighted by atomic mass is 16.8. The van der Waals surface area contributed by atoms with E-state index in [0.29, 0.717) is 0 Å². The number of carbonyl (C=O) groups is 4. The summed E-state index contributed by atoms with van der Waals surface area (Å²) in [6, 6.07) is 0. The third kappa shape index (κ3) is 21.5. The minimum atomic E-state index is -2.55. The van der Waals surface area contributed by atoms with Crippen LogP contribution >= 0.6 is 0 Å². The summed E-state index contributed by atoms with van der Waals surface area (Å²) in [5.41, 5.74) is 0. The van der Waals surface area contributed by atoms with Crippen molar-refractivity contribution in [2.45, 2.75) is 350 Å². The fourth-order valence-electron chi connectivity index (χ4n) is 16.2. The van der Waals surface area contributed by atoms with Crippen molar-refractivity contribution in [3.05, 3.63) is 0 Å². The first-order valence-electron chi connectivity index (χ1n) is 40.2. The molecular formula is C69H108O61. The second-order valence-corrected chi connectivity index (χ2v) is 32.5. The molecule has 0 spiro atoms. The Balaban J connectivity index is 0.616. The van der Waals surface area contributed by atoms with Crippen LogP contribution < -0.4 is 0 Å². The zero-order valence-corrected chi connectivity index (χ0v) is 67.1. The van der Waals surface area contributed by atoms with E-state index in [2.05, 4.69) is 0 Å². The quantitative estimate of drug-likeness (QED) is 0.0306. The van der Waals surface area contributed by atoms with Crippen LogP contribution in [0.2, 0.25) is 0 Å². The second-order valence-electron chi connectivity index (χ2n) is 32.5. The molecule has 34 N–H and O–H groups in total. The fraction of sp³-hybridized carbons (Fsp3) is 0.942. The van der Waals surface area contributed by atoms with Crippen molar-refractivity contribution in [1.82, 2.24) is 0 Å². The van der Waals surface area contributed by atoms with Crippen LogP contribution in [-0.4, -0.2) is 594 Å². The molecule has 0 amide bonds. The fourth-order valence-corrected chi connectivity index (χ4v) is 16.2. The van der Waals surface area contributed by atoms with Crippen LogP contribution in [0.1, 0.15) is 6.92 Å². The van der Waals surface area contributed by atoms with Crippen LogP contribution in [0, 0.1) is 0 Å². The maximum atomic E-state index is 12.9. The molecule has 12 rings (SSSR count). The standard InChI is InChI=1S/C69H108O61/c1-69(68(106)107)112-9-17-48(130-69)30(85)39(94)61(120-17)110-6-14-19(74)22(77)34(89)58(118-14)108-5-13-18(73)21(76)35(90)59(117-13)109-7-15-20(75)23(78)36(91)62(119-15)125-49-31(86)42(97)66(128-52(49)55(101)102)122-45-11(3-71)115-63(40(95)28(45)83)121-44-10(2-70)114-60(38(93)27(44)82)111-8-16-47(26(81)33(88)57(105)113-16)124-64-41(96)29(84)46(12(4-72)116-64)123-67-43(98)32(87)50(53(129-67)56(103)104)126-65-37(92)24(79)25(80)51(127-65)54(99)100/h10-53,57-67,70-98,105H,2-9H2,1H3,(H,99,100)(H,101,102)(H,103,104)(H,106,107)/t10-,11-,12-,13-,14-,15-,16-,17-,18-,19+,20+,21+,22+,23+,24+,25+,26-,27-,28-,29-,30-,31-,32-,33-,34-,35-,36-,37-,38-,39-,40-,41-,42-,43-,44-,45-,46-,47-,48+,49+,50+,51+,52+,53+,57+,58-,59-,60-,61-,62-,63+,64+,65-,66-,67-,69?/m1/s1. The molecule has 61 heteroatoms. The van der Waals surface area contributed by atoms with Crippen molar-refractivity contribution in [2.75, 3.05) is 52.9 Å². The first kappa shape index (κ1) is 105. The molecule has 0 saturated carbocycles. The van der Waals surface area contributed by atoms with E-state index >= 15 is 0 Å². The molecule has 12 heterocycles. The minimum absolute atomic E-state index is 0.467. The first-order valence-corrected chi connectivity index (χ1v) is 40.2. The number of ether oxygens (including phenoxy) is 23. The van der Waals surface area contributed by atoms with Gasteiger partial charge in [-0.2, -0.15) is 0 Å². The van der Waals surface area contributed by atoms with Gasteiger partial charge in [-0.25, -0.2) is 19.2 Å². The summed E-state index contributed by atoms with van der Waals surface area (Å²) in [7, 11) is 0. The van der Waals surface area contributed by atoms with E-state index in [1.54, 1.807) is 0 Å². The lowest BCUT2D eigenvalue weighted by Gasteiger charge is -2.49. The zero-order chi connectivity index (χ0) is 95.5. The highest BCUT2D eigenvalue weighted by Crippen LogP contribution is 2.41. The molecule has 0 bridgehead atoms. The van der Waals surface area contributed by atoms with Crippen molar-refractivity contribution < 1.29 is 302 Å². The molecule has 130 heavy (non-hydrogen) atoms. The number of hydrogen-bond acceptors (Lipinski definition) is 57. The molecule has 0 radical (unpaired) electrons. The van der Waals surface area contributed by atoms with Gasteiger partial charge in [-0.15, -0.1) is 0 Å². The molecule has 0 aliphatic carbocycles. The summed E-state index contributed by atoms with van der Waals surface area (Å²) in [6.45, 7) is -6.91. The van der Waals surface area contributed by atoms with Crippen LogP contribution in [0.4, 0.5) is 0 Å². The molecule has 12 fully saturated rings. The normalized spacial score (nSPS) is 52.7. The van der Waals surface area contributed by atoms with Crippen molar-refractivity contribution >= 4 is 23.9 Å². The van der Waals surface area contributed by atoms with Gasteiger partial charge in [-0.05, 0) is 0 Å². The Morgan fingerprint density at radius 1 is 0.262 bits per heavy atom.